The van der Waals surface area contributed by atoms with Gasteiger partial charge in [-0.1, -0.05) is 48.5 Å². The number of benzene rings is 3. The van der Waals surface area contributed by atoms with Crippen molar-refractivity contribution >= 4 is 16.7 Å². The molecule has 4 nitrogen and oxygen atoms in total. The van der Waals surface area contributed by atoms with E-state index in [0.29, 0.717) is 17.5 Å². The fourth-order valence-electron chi connectivity index (χ4n) is 3.91. The molecule has 0 atom stereocenters. The number of carbonyl (C=O) groups excluding carboxylic acids is 1. The van der Waals surface area contributed by atoms with Gasteiger partial charge in [0.15, 0.2) is 5.78 Å². The Labute approximate surface area is 182 Å². The molecule has 0 radical (unpaired) electrons. The van der Waals surface area contributed by atoms with Gasteiger partial charge in [-0.15, -0.1) is 0 Å². The maximum Gasteiger partial charge on any atom is 0.200 e. The molecule has 0 aliphatic heterocycles. The van der Waals surface area contributed by atoms with Crippen LogP contribution in [-0.2, 0) is 13.1 Å². The summed E-state index contributed by atoms with van der Waals surface area (Å²) in [5, 5.41) is 3.73. The van der Waals surface area contributed by atoms with Gasteiger partial charge in [0.25, 0.3) is 0 Å². The highest BCUT2D eigenvalue weighted by Gasteiger charge is 2.17. The Balaban J connectivity index is 1.83. The number of ketones is 1. The van der Waals surface area contributed by atoms with Gasteiger partial charge >= 0.3 is 0 Å². The normalized spacial score (nSPS) is 11.1. The Morgan fingerprint density at radius 2 is 1.68 bits per heavy atom. The van der Waals surface area contributed by atoms with E-state index in [1.54, 1.807) is 18.3 Å². The molecule has 0 unspecified atom stereocenters. The molecule has 31 heavy (non-hydrogen) atoms. The Morgan fingerprint density at radius 1 is 0.903 bits per heavy atom. The van der Waals surface area contributed by atoms with Crippen LogP contribution >= 0.6 is 0 Å². The Kier molecular flexibility index (Phi) is 5.83. The van der Waals surface area contributed by atoms with Gasteiger partial charge in [0.2, 0.25) is 5.43 Å². The lowest BCUT2D eigenvalue weighted by Gasteiger charge is -2.14. The average molecular weight is 411 g/mol. The van der Waals surface area contributed by atoms with Crippen LogP contribution < -0.4 is 10.7 Å². The van der Waals surface area contributed by atoms with Crippen molar-refractivity contribution < 1.29 is 4.79 Å². The average Bonchev–Trinajstić information content (AvgIpc) is 2.78. The highest BCUT2D eigenvalue weighted by molar-refractivity contribution is 6.10. The van der Waals surface area contributed by atoms with Gasteiger partial charge in [-0.3, -0.25) is 9.59 Å². The first-order chi connectivity index (χ1) is 15.0. The number of para-hydroxylation sites is 1. The Bertz CT molecular complexity index is 1330. The smallest absolute Gasteiger partial charge is 0.200 e. The number of fused-ring (bicyclic) bond motifs is 1. The van der Waals surface area contributed by atoms with E-state index >= 15 is 0 Å². The molecule has 156 valence electrons. The summed E-state index contributed by atoms with van der Waals surface area (Å²) in [4.78, 5) is 26.5. The van der Waals surface area contributed by atoms with Crippen LogP contribution in [0.1, 0.15) is 38.2 Å². The van der Waals surface area contributed by atoms with Crippen molar-refractivity contribution in [2.75, 3.05) is 7.05 Å². The standard InChI is InChI=1S/C27H26N2O2/c1-18-11-12-22(13-19(18)2)26(30)24-17-29(25-10-5-4-9-23(25)27(24)31)16-21-8-6-7-20(14-21)15-28-3/h4-14,17,28H,15-16H2,1-3H3. The molecule has 1 aromatic heterocycles. The summed E-state index contributed by atoms with van der Waals surface area (Å²) in [7, 11) is 1.92. The van der Waals surface area contributed by atoms with Crippen LogP contribution in [0.2, 0.25) is 0 Å². The van der Waals surface area contributed by atoms with Crippen molar-refractivity contribution in [1.82, 2.24) is 9.88 Å². The molecular weight excluding hydrogens is 384 g/mol. The molecule has 4 rings (SSSR count). The monoisotopic (exact) mass is 410 g/mol. The third-order valence-corrected chi connectivity index (χ3v) is 5.73. The summed E-state index contributed by atoms with van der Waals surface area (Å²) in [6.45, 7) is 5.35. The van der Waals surface area contributed by atoms with E-state index in [4.69, 9.17) is 0 Å². The lowest BCUT2D eigenvalue weighted by molar-refractivity contribution is 0.103. The number of aryl methyl sites for hydroxylation is 2. The number of carbonyl (C=O) groups is 1. The second kappa shape index (κ2) is 8.70. The van der Waals surface area contributed by atoms with Gasteiger partial charge in [0, 0.05) is 30.2 Å². The van der Waals surface area contributed by atoms with Crippen LogP contribution in [0.15, 0.2) is 77.7 Å². The van der Waals surface area contributed by atoms with Gasteiger partial charge in [-0.25, -0.2) is 0 Å². The minimum absolute atomic E-state index is 0.202. The number of pyridine rings is 1. The van der Waals surface area contributed by atoms with E-state index in [-0.39, 0.29) is 16.8 Å². The molecule has 1 heterocycles. The van der Waals surface area contributed by atoms with Crippen molar-refractivity contribution in [3.8, 4) is 0 Å². The van der Waals surface area contributed by atoms with Gasteiger partial charge in [-0.05, 0) is 61.3 Å². The zero-order valence-corrected chi connectivity index (χ0v) is 18.1. The van der Waals surface area contributed by atoms with Crippen LogP contribution in [0.5, 0.6) is 0 Å². The molecule has 0 spiro atoms. The predicted octanol–water partition coefficient (Wildman–Crippen LogP) is 4.62. The quantitative estimate of drug-likeness (QED) is 0.472. The highest BCUT2D eigenvalue weighted by Crippen LogP contribution is 2.18. The van der Waals surface area contributed by atoms with Crippen LogP contribution in [0.3, 0.4) is 0 Å². The number of nitrogens with one attached hydrogen (secondary N) is 1. The molecule has 0 fully saturated rings. The minimum Gasteiger partial charge on any atom is -0.342 e. The number of hydrogen-bond donors (Lipinski definition) is 1. The third kappa shape index (κ3) is 4.21. The zero-order chi connectivity index (χ0) is 22.0. The van der Waals surface area contributed by atoms with Crippen LogP contribution in [-0.4, -0.2) is 17.4 Å². The van der Waals surface area contributed by atoms with Crippen molar-refractivity contribution in [3.63, 3.8) is 0 Å². The van der Waals surface area contributed by atoms with E-state index < -0.39 is 0 Å². The van der Waals surface area contributed by atoms with Crippen LogP contribution in [0.25, 0.3) is 10.9 Å². The zero-order valence-electron chi connectivity index (χ0n) is 18.1. The molecule has 0 aliphatic rings. The number of rotatable bonds is 6. The first-order valence-corrected chi connectivity index (χ1v) is 10.4. The second-order valence-corrected chi connectivity index (χ2v) is 8.00. The maximum atomic E-state index is 13.3. The molecule has 1 N–H and O–H groups in total. The fourth-order valence-corrected chi connectivity index (χ4v) is 3.91. The molecule has 0 amide bonds. The van der Waals surface area contributed by atoms with Crippen molar-refractivity contribution in [2.24, 2.45) is 0 Å². The number of aromatic nitrogens is 1. The van der Waals surface area contributed by atoms with E-state index in [0.717, 1.165) is 28.8 Å². The molecule has 0 saturated heterocycles. The number of hydrogen-bond acceptors (Lipinski definition) is 3. The number of nitrogens with zero attached hydrogens (tertiary/aromatic N) is 1. The molecule has 4 aromatic rings. The summed E-state index contributed by atoms with van der Waals surface area (Å²) in [5.41, 5.74) is 5.80. The summed E-state index contributed by atoms with van der Waals surface area (Å²) < 4.78 is 2.00. The maximum absolute atomic E-state index is 13.3. The molecule has 0 saturated carbocycles. The van der Waals surface area contributed by atoms with E-state index in [1.165, 1.54) is 5.56 Å². The molecule has 3 aromatic carbocycles. The summed E-state index contributed by atoms with van der Waals surface area (Å²) in [5.74, 6) is -0.239. The SMILES string of the molecule is CNCc1cccc(Cn2cc(C(=O)c3ccc(C)c(C)c3)c(=O)c3ccccc32)c1. The Hall–Kier alpha value is -3.50. The fraction of sp³-hybridized carbons (Fsp3) is 0.185. The van der Waals surface area contributed by atoms with Crippen molar-refractivity contribution in [3.05, 3.63) is 117 Å². The van der Waals surface area contributed by atoms with Gasteiger partial charge < -0.3 is 9.88 Å². The summed E-state index contributed by atoms with van der Waals surface area (Å²) >= 11 is 0. The van der Waals surface area contributed by atoms with Crippen LogP contribution in [0, 0.1) is 13.8 Å². The second-order valence-electron chi connectivity index (χ2n) is 8.00. The van der Waals surface area contributed by atoms with Gasteiger partial charge in [0.1, 0.15) is 0 Å². The summed E-state index contributed by atoms with van der Waals surface area (Å²) in [6.07, 6.45) is 1.72. The van der Waals surface area contributed by atoms with Crippen molar-refractivity contribution in [2.45, 2.75) is 26.9 Å². The summed E-state index contributed by atoms with van der Waals surface area (Å²) in [6, 6.07) is 21.4. The molecule has 0 bridgehead atoms. The molecule has 4 heteroatoms. The largest absolute Gasteiger partial charge is 0.342 e. The first-order valence-electron chi connectivity index (χ1n) is 10.4. The van der Waals surface area contributed by atoms with E-state index in [9.17, 15) is 9.59 Å². The van der Waals surface area contributed by atoms with Gasteiger partial charge in [-0.2, -0.15) is 0 Å². The van der Waals surface area contributed by atoms with Gasteiger partial charge in [0.05, 0.1) is 11.1 Å². The topological polar surface area (TPSA) is 51.1 Å². The highest BCUT2D eigenvalue weighted by atomic mass is 16.1. The van der Waals surface area contributed by atoms with E-state index in [1.807, 2.05) is 61.9 Å². The first kappa shape index (κ1) is 20.8. The Morgan fingerprint density at radius 3 is 2.45 bits per heavy atom. The van der Waals surface area contributed by atoms with E-state index in [2.05, 4.69) is 23.5 Å². The molecular formula is C27H26N2O2. The van der Waals surface area contributed by atoms with Crippen molar-refractivity contribution in [1.29, 1.82) is 0 Å². The minimum atomic E-state index is -0.239. The predicted molar refractivity (Wildman–Crippen MR) is 126 cm³/mol. The molecule has 0 aliphatic carbocycles. The lowest BCUT2D eigenvalue weighted by Crippen LogP contribution is -2.20. The third-order valence-electron chi connectivity index (χ3n) is 5.73. The van der Waals surface area contributed by atoms with Crippen LogP contribution in [0.4, 0.5) is 0 Å². The lowest BCUT2D eigenvalue weighted by atomic mass is 9.98.